The monoisotopic (exact) mass is 374 g/mol. The van der Waals surface area contributed by atoms with E-state index in [0.717, 1.165) is 29.6 Å². The van der Waals surface area contributed by atoms with Crippen LogP contribution in [0.4, 0.5) is 0 Å². The Balaban J connectivity index is 1.64. The molecule has 0 heterocycles. The molecule has 10 unspecified atom stereocenters. The van der Waals surface area contributed by atoms with E-state index in [2.05, 4.69) is 34.6 Å². The highest BCUT2D eigenvalue weighted by atomic mass is 14.8. The fourth-order valence-electron chi connectivity index (χ4n) is 9.47. The van der Waals surface area contributed by atoms with E-state index in [4.69, 9.17) is 11.5 Å². The molecule has 4 rings (SSSR count). The minimum absolute atomic E-state index is 0.354. The van der Waals surface area contributed by atoms with Crippen LogP contribution < -0.4 is 11.5 Å². The van der Waals surface area contributed by atoms with Gasteiger partial charge in [0.25, 0.3) is 0 Å². The molecule has 0 aromatic heterocycles. The minimum Gasteiger partial charge on any atom is -0.328 e. The van der Waals surface area contributed by atoms with Crippen molar-refractivity contribution >= 4 is 0 Å². The van der Waals surface area contributed by atoms with Crippen molar-refractivity contribution in [3.63, 3.8) is 0 Å². The van der Waals surface area contributed by atoms with Crippen molar-refractivity contribution in [2.75, 3.05) is 0 Å². The number of fused-ring (bicyclic) bond motifs is 5. The lowest BCUT2D eigenvalue weighted by atomic mass is 9.39. The second-order valence-corrected chi connectivity index (χ2v) is 12.1. The fourth-order valence-corrected chi connectivity index (χ4v) is 9.47. The lowest BCUT2D eigenvalue weighted by molar-refractivity contribution is -0.164. The van der Waals surface area contributed by atoms with E-state index in [0.29, 0.717) is 28.3 Å². The first-order chi connectivity index (χ1) is 12.7. The summed E-state index contributed by atoms with van der Waals surface area (Å²) in [5.74, 6) is 4.27. The van der Waals surface area contributed by atoms with Crippen LogP contribution in [0.3, 0.4) is 0 Å². The molecule has 4 N–H and O–H groups in total. The molecule has 0 spiro atoms. The predicted octanol–water partition coefficient (Wildman–Crippen LogP) is 5.74. The summed E-state index contributed by atoms with van der Waals surface area (Å²) in [6.07, 6.45) is 13.5. The van der Waals surface area contributed by atoms with Crippen LogP contribution in [-0.2, 0) is 0 Å². The Morgan fingerprint density at radius 1 is 0.926 bits per heavy atom. The van der Waals surface area contributed by atoms with Crippen molar-refractivity contribution in [1.29, 1.82) is 0 Å². The molecule has 0 aliphatic heterocycles. The van der Waals surface area contributed by atoms with Gasteiger partial charge in [0.1, 0.15) is 0 Å². The van der Waals surface area contributed by atoms with Crippen molar-refractivity contribution in [2.24, 2.45) is 57.3 Å². The van der Waals surface area contributed by atoms with Gasteiger partial charge in [-0.05, 0) is 97.2 Å². The third-order valence-corrected chi connectivity index (χ3v) is 11.0. The van der Waals surface area contributed by atoms with Crippen LogP contribution in [0.15, 0.2) is 0 Å². The zero-order chi connectivity index (χ0) is 19.6. The van der Waals surface area contributed by atoms with E-state index < -0.39 is 0 Å². The van der Waals surface area contributed by atoms with E-state index in [1.807, 2.05) is 0 Å². The van der Waals surface area contributed by atoms with Gasteiger partial charge in [0.2, 0.25) is 0 Å². The first-order valence-corrected chi connectivity index (χ1v) is 12.2. The SMILES string of the molecule is CCCC(C)C1CCC2C3C(N)CC4(C)CC(N)CCC4(C)C3CCC12C. The summed E-state index contributed by atoms with van der Waals surface area (Å²) in [4.78, 5) is 0. The lowest BCUT2D eigenvalue weighted by Gasteiger charge is -2.67. The van der Waals surface area contributed by atoms with E-state index in [9.17, 15) is 0 Å². The molecule has 0 bridgehead atoms. The Labute approximate surface area is 168 Å². The number of hydrogen-bond donors (Lipinski definition) is 2. The molecule has 4 fully saturated rings. The van der Waals surface area contributed by atoms with E-state index >= 15 is 0 Å². The molecule has 10 atom stereocenters. The van der Waals surface area contributed by atoms with Crippen LogP contribution in [0.5, 0.6) is 0 Å². The summed E-state index contributed by atoms with van der Waals surface area (Å²) in [6.45, 7) is 12.7. The largest absolute Gasteiger partial charge is 0.328 e. The molecular weight excluding hydrogens is 328 g/mol. The Kier molecular flexibility index (Phi) is 5.03. The summed E-state index contributed by atoms with van der Waals surface area (Å²) in [6, 6.07) is 0.787. The molecule has 4 saturated carbocycles. The van der Waals surface area contributed by atoms with Crippen molar-refractivity contribution in [3.05, 3.63) is 0 Å². The molecule has 0 amide bonds. The Hall–Kier alpha value is -0.0800. The number of hydrogen-bond acceptors (Lipinski definition) is 2. The molecule has 2 nitrogen and oxygen atoms in total. The van der Waals surface area contributed by atoms with Crippen LogP contribution in [0, 0.1) is 45.8 Å². The van der Waals surface area contributed by atoms with Crippen molar-refractivity contribution in [2.45, 2.75) is 111 Å². The Morgan fingerprint density at radius 3 is 2.37 bits per heavy atom. The topological polar surface area (TPSA) is 52.0 Å². The van der Waals surface area contributed by atoms with Gasteiger partial charge in [0.05, 0.1) is 0 Å². The normalized spacial score (nSPS) is 56.1. The smallest absolute Gasteiger partial charge is 0.00782 e. The number of nitrogens with two attached hydrogens (primary N) is 2. The molecular formula is C25H46N2. The minimum atomic E-state index is 0.354. The van der Waals surface area contributed by atoms with Crippen LogP contribution >= 0.6 is 0 Å². The second kappa shape index (κ2) is 6.73. The Morgan fingerprint density at radius 2 is 1.67 bits per heavy atom. The number of rotatable bonds is 3. The average Bonchev–Trinajstić information content (AvgIpc) is 2.94. The second-order valence-electron chi connectivity index (χ2n) is 12.1. The zero-order valence-electron chi connectivity index (χ0n) is 18.8. The zero-order valence-corrected chi connectivity index (χ0v) is 18.8. The molecule has 0 aromatic carbocycles. The maximum atomic E-state index is 7.04. The molecule has 4 aliphatic carbocycles. The lowest BCUT2D eigenvalue weighted by Crippen LogP contribution is -2.64. The molecule has 0 saturated heterocycles. The van der Waals surface area contributed by atoms with Crippen LogP contribution in [-0.4, -0.2) is 12.1 Å². The summed E-state index contributed by atoms with van der Waals surface area (Å²) in [5.41, 5.74) is 14.8. The molecule has 27 heavy (non-hydrogen) atoms. The van der Waals surface area contributed by atoms with Crippen LogP contribution in [0.1, 0.15) is 98.8 Å². The molecule has 156 valence electrons. The summed E-state index contributed by atoms with van der Waals surface area (Å²) in [5, 5.41) is 0. The van der Waals surface area contributed by atoms with Gasteiger partial charge in [0, 0.05) is 12.1 Å². The van der Waals surface area contributed by atoms with Crippen LogP contribution in [0.2, 0.25) is 0 Å². The van der Waals surface area contributed by atoms with Crippen molar-refractivity contribution in [1.82, 2.24) is 0 Å². The highest BCUT2D eigenvalue weighted by Crippen LogP contribution is 2.70. The average molecular weight is 375 g/mol. The first kappa shape index (κ1) is 20.2. The van der Waals surface area contributed by atoms with E-state index in [1.54, 1.807) is 0 Å². The van der Waals surface area contributed by atoms with Gasteiger partial charge in [-0.2, -0.15) is 0 Å². The Bertz CT molecular complexity index is 561. The highest BCUT2D eigenvalue weighted by Gasteiger charge is 2.65. The quantitative estimate of drug-likeness (QED) is 0.662. The van der Waals surface area contributed by atoms with Crippen molar-refractivity contribution in [3.8, 4) is 0 Å². The summed E-state index contributed by atoms with van der Waals surface area (Å²) in [7, 11) is 0. The van der Waals surface area contributed by atoms with Gasteiger partial charge in [0.15, 0.2) is 0 Å². The highest BCUT2D eigenvalue weighted by molar-refractivity contribution is 5.15. The van der Waals surface area contributed by atoms with Gasteiger partial charge in [-0.25, -0.2) is 0 Å². The summed E-state index contributed by atoms with van der Waals surface area (Å²) >= 11 is 0. The molecule has 4 aliphatic rings. The maximum absolute atomic E-state index is 7.04. The van der Waals surface area contributed by atoms with Crippen molar-refractivity contribution < 1.29 is 0 Å². The third-order valence-electron chi connectivity index (χ3n) is 11.0. The van der Waals surface area contributed by atoms with Gasteiger partial charge in [-0.15, -0.1) is 0 Å². The van der Waals surface area contributed by atoms with Gasteiger partial charge in [-0.1, -0.05) is 47.5 Å². The van der Waals surface area contributed by atoms with Crippen LogP contribution in [0.25, 0.3) is 0 Å². The standard InChI is InChI=1S/C25H46N2/c1-6-7-16(2)18-8-9-19-22-20(11-12-24(18,19)4)25(5)13-10-17(26)14-23(25,3)15-21(22)27/h16-22H,6-15,26-27H2,1-5H3. The molecule has 2 heteroatoms. The van der Waals surface area contributed by atoms with Gasteiger partial charge >= 0.3 is 0 Å². The fraction of sp³-hybridized carbons (Fsp3) is 1.00. The predicted molar refractivity (Wildman–Crippen MR) is 115 cm³/mol. The first-order valence-electron chi connectivity index (χ1n) is 12.2. The maximum Gasteiger partial charge on any atom is 0.00782 e. The third kappa shape index (κ3) is 2.79. The van der Waals surface area contributed by atoms with Gasteiger partial charge < -0.3 is 11.5 Å². The molecule has 0 aromatic rings. The van der Waals surface area contributed by atoms with Gasteiger partial charge in [-0.3, -0.25) is 0 Å². The molecule has 0 radical (unpaired) electrons. The summed E-state index contributed by atoms with van der Waals surface area (Å²) < 4.78 is 0. The van der Waals surface area contributed by atoms with E-state index in [-0.39, 0.29) is 0 Å². The van der Waals surface area contributed by atoms with E-state index in [1.165, 1.54) is 64.2 Å².